The predicted molar refractivity (Wildman–Crippen MR) is 82.2 cm³/mol. The molecule has 1 unspecified atom stereocenters. The van der Waals surface area contributed by atoms with Gasteiger partial charge in [0.25, 0.3) is 0 Å². The Labute approximate surface area is 126 Å². The standard InChI is InChI=1S/C15H15N3O2S/c1-10-2-3-11(7-16)6-13(10)18-15(20)17-8-14(19)12-4-5-21-9-12/h2-6,9,14,19H,8H2,1H3,(H2,17,18,20). The molecule has 0 aliphatic rings. The largest absolute Gasteiger partial charge is 0.387 e. The number of nitrogens with one attached hydrogen (secondary N) is 2. The highest BCUT2D eigenvalue weighted by Crippen LogP contribution is 2.17. The number of benzene rings is 1. The number of aryl methyl sites for hydroxylation is 1. The number of aliphatic hydroxyl groups excluding tert-OH is 1. The number of urea groups is 1. The zero-order valence-electron chi connectivity index (χ0n) is 11.5. The summed E-state index contributed by atoms with van der Waals surface area (Å²) < 4.78 is 0. The van der Waals surface area contributed by atoms with Crippen molar-refractivity contribution < 1.29 is 9.90 Å². The molecule has 21 heavy (non-hydrogen) atoms. The van der Waals surface area contributed by atoms with Gasteiger partial charge in [-0.1, -0.05) is 6.07 Å². The minimum atomic E-state index is -0.728. The van der Waals surface area contributed by atoms with Crippen LogP contribution in [0.15, 0.2) is 35.0 Å². The first-order chi connectivity index (χ1) is 10.1. The molecule has 0 radical (unpaired) electrons. The van der Waals surface area contributed by atoms with Gasteiger partial charge in [0, 0.05) is 12.2 Å². The average Bonchev–Trinajstić information content (AvgIpc) is 3.01. The van der Waals surface area contributed by atoms with Crippen molar-refractivity contribution in [2.75, 3.05) is 11.9 Å². The van der Waals surface area contributed by atoms with Crippen LogP contribution in [-0.2, 0) is 0 Å². The minimum Gasteiger partial charge on any atom is -0.387 e. The molecular formula is C15H15N3O2S. The summed E-state index contributed by atoms with van der Waals surface area (Å²) in [4.78, 5) is 11.8. The molecule has 6 heteroatoms. The lowest BCUT2D eigenvalue weighted by molar-refractivity contribution is 0.175. The number of carbonyl (C=O) groups excluding carboxylic acids is 1. The van der Waals surface area contributed by atoms with Crippen LogP contribution in [0, 0.1) is 18.3 Å². The Morgan fingerprint density at radius 3 is 2.95 bits per heavy atom. The summed E-state index contributed by atoms with van der Waals surface area (Å²) >= 11 is 1.49. The van der Waals surface area contributed by atoms with Crippen LogP contribution < -0.4 is 10.6 Å². The first kappa shape index (κ1) is 15.0. The van der Waals surface area contributed by atoms with E-state index in [0.29, 0.717) is 11.3 Å². The van der Waals surface area contributed by atoms with Crippen molar-refractivity contribution in [3.8, 4) is 6.07 Å². The molecule has 1 aromatic carbocycles. The van der Waals surface area contributed by atoms with Gasteiger partial charge in [-0.15, -0.1) is 0 Å². The van der Waals surface area contributed by atoms with E-state index in [2.05, 4.69) is 10.6 Å². The van der Waals surface area contributed by atoms with Gasteiger partial charge in [0.15, 0.2) is 0 Å². The Kier molecular flexibility index (Phi) is 4.93. The van der Waals surface area contributed by atoms with Gasteiger partial charge >= 0.3 is 6.03 Å². The summed E-state index contributed by atoms with van der Waals surface area (Å²) in [5, 5.41) is 27.7. The van der Waals surface area contributed by atoms with Gasteiger partial charge in [-0.2, -0.15) is 16.6 Å². The van der Waals surface area contributed by atoms with Crippen molar-refractivity contribution in [2.24, 2.45) is 0 Å². The molecule has 3 N–H and O–H groups in total. The van der Waals surface area contributed by atoms with Crippen LogP contribution in [-0.4, -0.2) is 17.7 Å². The zero-order chi connectivity index (χ0) is 15.2. The highest BCUT2D eigenvalue weighted by molar-refractivity contribution is 7.07. The van der Waals surface area contributed by atoms with E-state index >= 15 is 0 Å². The van der Waals surface area contributed by atoms with E-state index in [-0.39, 0.29) is 6.54 Å². The van der Waals surface area contributed by atoms with Crippen molar-refractivity contribution in [1.29, 1.82) is 5.26 Å². The molecule has 1 atom stereocenters. The second kappa shape index (κ2) is 6.88. The quantitative estimate of drug-likeness (QED) is 0.811. The number of carbonyl (C=O) groups is 1. The summed E-state index contributed by atoms with van der Waals surface area (Å²) in [6.07, 6.45) is -0.728. The molecule has 0 saturated carbocycles. The van der Waals surface area contributed by atoms with Crippen molar-refractivity contribution >= 4 is 23.1 Å². The maximum absolute atomic E-state index is 11.8. The molecule has 0 fully saturated rings. The number of rotatable bonds is 4. The Hall–Kier alpha value is -2.36. The lowest BCUT2D eigenvalue weighted by Gasteiger charge is -2.13. The third-order valence-electron chi connectivity index (χ3n) is 3.00. The molecule has 2 aromatic rings. The Morgan fingerprint density at radius 1 is 1.48 bits per heavy atom. The van der Waals surface area contributed by atoms with Crippen LogP contribution in [0.4, 0.5) is 10.5 Å². The lowest BCUT2D eigenvalue weighted by atomic mass is 10.1. The number of aliphatic hydroxyl groups is 1. The van der Waals surface area contributed by atoms with Crippen LogP contribution in [0.2, 0.25) is 0 Å². The van der Waals surface area contributed by atoms with Crippen molar-refractivity contribution in [3.05, 3.63) is 51.7 Å². The highest BCUT2D eigenvalue weighted by Gasteiger charge is 2.10. The summed E-state index contributed by atoms with van der Waals surface area (Å²) in [5.74, 6) is 0. The molecule has 0 saturated heterocycles. The SMILES string of the molecule is Cc1ccc(C#N)cc1NC(=O)NCC(O)c1ccsc1. The molecule has 1 heterocycles. The minimum absolute atomic E-state index is 0.125. The fraction of sp³-hybridized carbons (Fsp3) is 0.200. The molecule has 0 spiro atoms. The first-order valence-corrected chi connectivity index (χ1v) is 7.30. The Bertz CT molecular complexity index is 662. The van der Waals surface area contributed by atoms with Crippen molar-refractivity contribution in [2.45, 2.75) is 13.0 Å². The number of thiophene rings is 1. The van der Waals surface area contributed by atoms with E-state index in [0.717, 1.165) is 11.1 Å². The predicted octanol–water partition coefficient (Wildman–Crippen LogP) is 2.78. The average molecular weight is 301 g/mol. The van der Waals surface area contributed by atoms with Gasteiger partial charge in [-0.25, -0.2) is 4.79 Å². The van der Waals surface area contributed by atoms with Crippen LogP contribution in [0.1, 0.15) is 22.8 Å². The van der Waals surface area contributed by atoms with Gasteiger partial charge < -0.3 is 15.7 Å². The fourth-order valence-corrected chi connectivity index (χ4v) is 2.47. The fourth-order valence-electron chi connectivity index (χ4n) is 1.76. The summed E-state index contributed by atoms with van der Waals surface area (Å²) in [6.45, 7) is 1.97. The topological polar surface area (TPSA) is 85.2 Å². The number of amides is 2. The molecule has 5 nitrogen and oxygen atoms in total. The summed E-state index contributed by atoms with van der Waals surface area (Å²) in [5.41, 5.74) is 2.70. The van der Waals surface area contributed by atoms with Gasteiger partial charge in [0.2, 0.25) is 0 Å². The molecule has 0 aliphatic carbocycles. The monoisotopic (exact) mass is 301 g/mol. The lowest BCUT2D eigenvalue weighted by Crippen LogP contribution is -2.32. The number of hydrogen-bond acceptors (Lipinski definition) is 4. The second-order valence-electron chi connectivity index (χ2n) is 4.55. The van der Waals surface area contributed by atoms with Gasteiger partial charge in [-0.05, 0) is 47.0 Å². The van der Waals surface area contributed by atoms with Crippen LogP contribution in [0.5, 0.6) is 0 Å². The first-order valence-electron chi connectivity index (χ1n) is 6.36. The second-order valence-corrected chi connectivity index (χ2v) is 5.33. The van der Waals surface area contributed by atoms with E-state index in [4.69, 9.17) is 5.26 Å². The zero-order valence-corrected chi connectivity index (χ0v) is 12.3. The summed E-state index contributed by atoms with van der Waals surface area (Å²) in [6, 6.07) is 8.51. The van der Waals surface area contributed by atoms with Crippen LogP contribution >= 0.6 is 11.3 Å². The van der Waals surface area contributed by atoms with E-state index < -0.39 is 12.1 Å². The third-order valence-corrected chi connectivity index (χ3v) is 3.70. The number of nitrogens with zero attached hydrogens (tertiary/aromatic N) is 1. The molecule has 2 amide bonds. The Morgan fingerprint density at radius 2 is 2.29 bits per heavy atom. The molecular weight excluding hydrogens is 286 g/mol. The smallest absolute Gasteiger partial charge is 0.319 e. The molecule has 0 bridgehead atoms. The van der Waals surface area contributed by atoms with E-state index in [1.165, 1.54) is 11.3 Å². The highest BCUT2D eigenvalue weighted by atomic mass is 32.1. The van der Waals surface area contributed by atoms with Crippen LogP contribution in [0.25, 0.3) is 0 Å². The van der Waals surface area contributed by atoms with E-state index in [9.17, 15) is 9.90 Å². The molecule has 1 aromatic heterocycles. The van der Waals surface area contributed by atoms with Crippen LogP contribution in [0.3, 0.4) is 0 Å². The molecule has 108 valence electrons. The number of hydrogen-bond donors (Lipinski definition) is 3. The molecule has 0 aliphatic heterocycles. The van der Waals surface area contributed by atoms with Gasteiger partial charge in [0.05, 0.1) is 17.7 Å². The summed E-state index contributed by atoms with van der Waals surface area (Å²) in [7, 11) is 0. The van der Waals surface area contributed by atoms with Gasteiger partial charge in [0.1, 0.15) is 0 Å². The van der Waals surface area contributed by atoms with E-state index in [1.807, 2.05) is 29.8 Å². The molecule has 2 rings (SSSR count). The normalized spacial score (nSPS) is 11.5. The van der Waals surface area contributed by atoms with Crippen molar-refractivity contribution in [1.82, 2.24) is 5.32 Å². The Balaban J connectivity index is 1.92. The number of nitriles is 1. The van der Waals surface area contributed by atoms with E-state index in [1.54, 1.807) is 18.2 Å². The van der Waals surface area contributed by atoms with Crippen molar-refractivity contribution in [3.63, 3.8) is 0 Å². The van der Waals surface area contributed by atoms with Gasteiger partial charge in [-0.3, -0.25) is 0 Å². The third kappa shape index (κ3) is 4.05. The maximum atomic E-state index is 11.8. The maximum Gasteiger partial charge on any atom is 0.319 e. The number of anilines is 1.